The molecule has 1 aliphatic carbocycles. The van der Waals surface area contributed by atoms with Crippen LogP contribution in [0.5, 0.6) is 17.2 Å². The number of hydrogen-bond donors (Lipinski definition) is 0. The molecule has 34 heavy (non-hydrogen) atoms. The molecule has 2 heterocycles. The summed E-state index contributed by atoms with van der Waals surface area (Å²) in [6.45, 7) is 7.25. The van der Waals surface area contributed by atoms with E-state index in [0.29, 0.717) is 16.9 Å². The van der Waals surface area contributed by atoms with Crippen LogP contribution in [-0.4, -0.2) is 28.7 Å². The standard InChI is InChI=1S/C26H31ClN4O3/c1-5-10-30-17(3)28-26(29-30)31(22-11-16(2)24(32-4)14-20(22)27)21(12-18-6-7-18)19-8-9-23-25(13-19)34-15-33-23/h8-9,11,13-14,18,21H,5-7,10,12,15H2,1-4H3/t21-/m0/s1. The van der Waals surface area contributed by atoms with Crippen LogP contribution < -0.4 is 19.1 Å². The van der Waals surface area contributed by atoms with E-state index in [4.69, 9.17) is 35.9 Å². The number of hydrogen-bond acceptors (Lipinski definition) is 6. The summed E-state index contributed by atoms with van der Waals surface area (Å²) in [6.07, 6.45) is 4.43. The molecule has 1 aromatic heterocycles. The quantitative estimate of drug-likeness (QED) is 0.353. The molecule has 0 bridgehead atoms. The summed E-state index contributed by atoms with van der Waals surface area (Å²) in [4.78, 5) is 7.10. The molecule has 2 aliphatic rings. The summed E-state index contributed by atoms with van der Waals surface area (Å²) >= 11 is 6.88. The summed E-state index contributed by atoms with van der Waals surface area (Å²) < 4.78 is 18.8. The SMILES string of the molecule is CCCn1nc(N(c2cc(C)c(OC)cc2Cl)[C@@H](CC2CC2)c2ccc3c(c2)OCO3)nc1C. The van der Waals surface area contributed by atoms with Crippen LogP contribution in [-0.2, 0) is 6.54 Å². The van der Waals surface area contributed by atoms with Crippen LogP contribution in [0.15, 0.2) is 30.3 Å². The van der Waals surface area contributed by atoms with Crippen LogP contribution in [0.3, 0.4) is 0 Å². The van der Waals surface area contributed by atoms with E-state index in [-0.39, 0.29) is 12.8 Å². The van der Waals surface area contributed by atoms with E-state index in [9.17, 15) is 0 Å². The molecule has 2 aromatic carbocycles. The lowest BCUT2D eigenvalue weighted by Crippen LogP contribution is -2.26. The van der Waals surface area contributed by atoms with Crippen LogP contribution in [0.1, 0.15) is 55.6 Å². The predicted octanol–water partition coefficient (Wildman–Crippen LogP) is 6.38. The lowest BCUT2D eigenvalue weighted by Gasteiger charge is -2.33. The number of methoxy groups -OCH3 is 1. The second kappa shape index (κ2) is 9.37. The van der Waals surface area contributed by atoms with Crippen molar-refractivity contribution in [1.82, 2.24) is 14.8 Å². The highest BCUT2D eigenvalue weighted by atomic mass is 35.5. The number of fused-ring (bicyclic) bond motifs is 1. The minimum absolute atomic E-state index is 0.0100. The van der Waals surface area contributed by atoms with E-state index in [2.05, 4.69) is 30.0 Å². The monoisotopic (exact) mass is 482 g/mol. The number of benzene rings is 2. The second-order valence-corrected chi connectivity index (χ2v) is 9.54. The van der Waals surface area contributed by atoms with Gasteiger partial charge >= 0.3 is 0 Å². The van der Waals surface area contributed by atoms with Gasteiger partial charge < -0.3 is 19.1 Å². The summed E-state index contributed by atoms with van der Waals surface area (Å²) in [5.74, 6) is 4.52. The Morgan fingerprint density at radius 3 is 2.71 bits per heavy atom. The minimum atomic E-state index is -0.0100. The zero-order valence-corrected chi connectivity index (χ0v) is 20.9. The molecular weight excluding hydrogens is 452 g/mol. The van der Waals surface area contributed by atoms with Gasteiger partial charge in [-0.3, -0.25) is 0 Å². The van der Waals surface area contributed by atoms with E-state index < -0.39 is 0 Å². The molecule has 3 aromatic rings. The van der Waals surface area contributed by atoms with Gasteiger partial charge in [0.05, 0.1) is 23.9 Å². The Kier molecular flexibility index (Phi) is 6.30. The molecule has 1 saturated carbocycles. The Morgan fingerprint density at radius 1 is 1.18 bits per heavy atom. The van der Waals surface area contributed by atoms with Crippen molar-refractivity contribution in [2.45, 2.75) is 59.0 Å². The first-order valence-corrected chi connectivity index (χ1v) is 12.3. The molecule has 5 rings (SSSR count). The maximum atomic E-state index is 6.88. The third-order valence-corrected chi connectivity index (χ3v) is 6.87. The predicted molar refractivity (Wildman–Crippen MR) is 133 cm³/mol. The van der Waals surface area contributed by atoms with Crippen molar-refractivity contribution in [3.05, 3.63) is 52.3 Å². The minimum Gasteiger partial charge on any atom is -0.496 e. The van der Waals surface area contributed by atoms with Crippen molar-refractivity contribution in [1.29, 1.82) is 0 Å². The van der Waals surface area contributed by atoms with E-state index in [1.807, 2.05) is 30.7 Å². The molecule has 0 radical (unpaired) electrons. The number of anilines is 2. The van der Waals surface area contributed by atoms with Crippen molar-refractivity contribution in [2.75, 3.05) is 18.8 Å². The third kappa shape index (κ3) is 4.41. The van der Waals surface area contributed by atoms with Crippen LogP contribution in [0.2, 0.25) is 5.02 Å². The summed E-state index contributed by atoms with van der Waals surface area (Å²) in [5.41, 5.74) is 3.01. The van der Waals surface area contributed by atoms with Gasteiger partial charge in [-0.2, -0.15) is 4.98 Å². The Balaban J connectivity index is 1.67. The molecular formula is C26H31ClN4O3. The van der Waals surface area contributed by atoms with Crippen molar-refractivity contribution in [3.63, 3.8) is 0 Å². The fourth-order valence-corrected chi connectivity index (χ4v) is 4.82. The van der Waals surface area contributed by atoms with Gasteiger partial charge in [0.1, 0.15) is 11.6 Å². The molecule has 0 N–H and O–H groups in total. The highest BCUT2D eigenvalue weighted by molar-refractivity contribution is 6.33. The normalized spacial score (nSPS) is 15.4. The fourth-order valence-electron chi connectivity index (χ4n) is 4.58. The summed E-state index contributed by atoms with van der Waals surface area (Å²) in [5, 5.41) is 5.53. The fraction of sp³-hybridized carbons (Fsp3) is 0.462. The lowest BCUT2D eigenvalue weighted by atomic mass is 9.98. The highest BCUT2D eigenvalue weighted by Gasteiger charge is 2.34. The van der Waals surface area contributed by atoms with Crippen LogP contribution in [0, 0.1) is 19.8 Å². The van der Waals surface area contributed by atoms with Crippen molar-refractivity contribution in [2.24, 2.45) is 5.92 Å². The highest BCUT2D eigenvalue weighted by Crippen LogP contribution is 2.48. The number of ether oxygens (including phenoxy) is 3. The first kappa shape index (κ1) is 22.8. The van der Waals surface area contributed by atoms with Gasteiger partial charge in [0.15, 0.2) is 11.5 Å². The first-order valence-electron chi connectivity index (χ1n) is 11.9. The van der Waals surface area contributed by atoms with Gasteiger partial charge in [-0.05, 0) is 61.9 Å². The summed E-state index contributed by atoms with van der Waals surface area (Å²) in [6, 6.07) is 10.1. The maximum absolute atomic E-state index is 6.88. The molecule has 1 fully saturated rings. The van der Waals surface area contributed by atoms with E-state index in [0.717, 1.165) is 59.3 Å². The smallest absolute Gasteiger partial charge is 0.250 e. The molecule has 180 valence electrons. The van der Waals surface area contributed by atoms with Crippen LogP contribution in [0.25, 0.3) is 0 Å². The maximum Gasteiger partial charge on any atom is 0.250 e. The van der Waals surface area contributed by atoms with Crippen molar-refractivity contribution in [3.8, 4) is 17.2 Å². The van der Waals surface area contributed by atoms with E-state index >= 15 is 0 Å². The van der Waals surface area contributed by atoms with Gasteiger partial charge in [-0.25, -0.2) is 4.68 Å². The van der Waals surface area contributed by atoms with Gasteiger partial charge in [-0.1, -0.05) is 37.4 Å². The van der Waals surface area contributed by atoms with Gasteiger partial charge in [0.25, 0.3) is 0 Å². The Bertz CT molecular complexity index is 1190. The topological polar surface area (TPSA) is 61.6 Å². The largest absolute Gasteiger partial charge is 0.496 e. The zero-order valence-electron chi connectivity index (χ0n) is 20.2. The zero-order chi connectivity index (χ0) is 23.8. The van der Waals surface area contributed by atoms with Crippen LogP contribution in [0.4, 0.5) is 11.6 Å². The van der Waals surface area contributed by atoms with Gasteiger partial charge in [0.2, 0.25) is 12.7 Å². The van der Waals surface area contributed by atoms with Gasteiger partial charge in [0, 0.05) is 12.6 Å². The Labute approximate surface area is 205 Å². The number of halogens is 1. The lowest BCUT2D eigenvalue weighted by molar-refractivity contribution is 0.174. The van der Waals surface area contributed by atoms with E-state index in [1.54, 1.807) is 7.11 Å². The number of nitrogens with zero attached hydrogens (tertiary/aromatic N) is 4. The average molecular weight is 483 g/mol. The molecule has 7 nitrogen and oxygen atoms in total. The molecule has 0 unspecified atom stereocenters. The average Bonchev–Trinajstić information content (AvgIpc) is 3.40. The molecule has 0 saturated heterocycles. The molecule has 8 heteroatoms. The van der Waals surface area contributed by atoms with Gasteiger partial charge in [-0.15, -0.1) is 5.10 Å². The summed E-state index contributed by atoms with van der Waals surface area (Å²) in [7, 11) is 1.66. The third-order valence-electron chi connectivity index (χ3n) is 6.57. The number of aromatic nitrogens is 3. The second-order valence-electron chi connectivity index (χ2n) is 9.13. The molecule has 1 atom stereocenters. The Hall–Kier alpha value is -2.93. The number of aryl methyl sites for hydroxylation is 3. The molecule has 1 aliphatic heterocycles. The first-order chi connectivity index (χ1) is 16.5. The molecule has 0 spiro atoms. The Morgan fingerprint density at radius 2 is 1.97 bits per heavy atom. The van der Waals surface area contributed by atoms with Crippen molar-refractivity contribution < 1.29 is 14.2 Å². The van der Waals surface area contributed by atoms with E-state index in [1.165, 1.54) is 12.8 Å². The van der Waals surface area contributed by atoms with Crippen LogP contribution >= 0.6 is 11.6 Å². The molecule has 0 amide bonds. The van der Waals surface area contributed by atoms with Crippen molar-refractivity contribution >= 4 is 23.2 Å². The number of rotatable bonds is 9.